The second kappa shape index (κ2) is 10.1. The molecule has 1 aliphatic rings. The number of carboxylic acids is 1. The van der Waals surface area contributed by atoms with Crippen LogP contribution in [0, 0.1) is 17.6 Å². The van der Waals surface area contributed by atoms with E-state index < -0.39 is 23.6 Å². The van der Waals surface area contributed by atoms with E-state index in [4.69, 9.17) is 5.11 Å². The third-order valence-electron chi connectivity index (χ3n) is 4.90. The Morgan fingerprint density at radius 3 is 2.50 bits per heavy atom. The van der Waals surface area contributed by atoms with Crippen molar-refractivity contribution in [2.75, 3.05) is 6.54 Å². The Morgan fingerprint density at radius 2 is 1.89 bits per heavy atom. The Bertz CT molecular complexity index is 720. The molecule has 1 aromatic rings. The summed E-state index contributed by atoms with van der Waals surface area (Å²) in [5, 5.41) is 11.7. The quantitative estimate of drug-likeness (QED) is 0.672. The average molecular weight is 396 g/mol. The zero-order valence-electron chi connectivity index (χ0n) is 15.9. The van der Waals surface area contributed by atoms with Crippen molar-refractivity contribution in [1.29, 1.82) is 0 Å². The van der Waals surface area contributed by atoms with Crippen molar-refractivity contribution in [3.63, 3.8) is 0 Å². The monoisotopic (exact) mass is 396 g/mol. The summed E-state index contributed by atoms with van der Waals surface area (Å²) >= 11 is 0. The van der Waals surface area contributed by atoms with Gasteiger partial charge in [-0.2, -0.15) is 0 Å². The standard InChI is InChI=1S/C20H26F2N2O4/c1-13(23-20(28)15-4-2-3-5-15)10-18(25)24(9-8-19(26)27)12-14-6-7-16(21)17(22)11-14/h6-7,11,13,15H,2-5,8-10,12H2,1H3,(H,23,28)(H,26,27). The number of hydrogen-bond acceptors (Lipinski definition) is 3. The first-order valence-corrected chi connectivity index (χ1v) is 9.50. The van der Waals surface area contributed by atoms with Gasteiger partial charge in [0, 0.05) is 31.5 Å². The smallest absolute Gasteiger partial charge is 0.305 e. The highest BCUT2D eigenvalue weighted by Gasteiger charge is 2.25. The molecule has 2 N–H and O–H groups in total. The first kappa shape index (κ1) is 21.8. The third-order valence-corrected chi connectivity index (χ3v) is 4.90. The van der Waals surface area contributed by atoms with Gasteiger partial charge in [0.15, 0.2) is 11.6 Å². The number of halogens is 2. The molecule has 0 bridgehead atoms. The molecule has 1 aliphatic carbocycles. The van der Waals surface area contributed by atoms with Gasteiger partial charge in [-0.15, -0.1) is 0 Å². The van der Waals surface area contributed by atoms with Crippen LogP contribution in [0.1, 0.15) is 51.0 Å². The van der Waals surface area contributed by atoms with Crippen molar-refractivity contribution in [3.8, 4) is 0 Å². The summed E-state index contributed by atoms with van der Waals surface area (Å²) in [5.74, 6) is -3.51. The first-order valence-electron chi connectivity index (χ1n) is 9.50. The van der Waals surface area contributed by atoms with Gasteiger partial charge in [-0.05, 0) is 37.5 Å². The van der Waals surface area contributed by atoms with Crippen LogP contribution in [0.5, 0.6) is 0 Å². The van der Waals surface area contributed by atoms with Gasteiger partial charge in [0.25, 0.3) is 0 Å². The molecule has 0 radical (unpaired) electrons. The van der Waals surface area contributed by atoms with E-state index in [-0.39, 0.29) is 43.7 Å². The van der Waals surface area contributed by atoms with Gasteiger partial charge < -0.3 is 15.3 Å². The molecule has 154 valence electrons. The van der Waals surface area contributed by atoms with Gasteiger partial charge in [-0.3, -0.25) is 14.4 Å². The number of carboxylic acid groups (broad SMARTS) is 1. The predicted octanol–water partition coefficient (Wildman–Crippen LogP) is 2.85. The topological polar surface area (TPSA) is 86.7 Å². The summed E-state index contributed by atoms with van der Waals surface area (Å²) in [5.41, 5.74) is 0.361. The summed E-state index contributed by atoms with van der Waals surface area (Å²) in [7, 11) is 0. The van der Waals surface area contributed by atoms with Crippen LogP contribution in [0.3, 0.4) is 0 Å². The van der Waals surface area contributed by atoms with Crippen molar-refractivity contribution < 1.29 is 28.3 Å². The number of nitrogens with zero attached hydrogens (tertiary/aromatic N) is 1. The van der Waals surface area contributed by atoms with Crippen LogP contribution in [-0.4, -0.2) is 40.4 Å². The van der Waals surface area contributed by atoms with E-state index >= 15 is 0 Å². The fraction of sp³-hybridized carbons (Fsp3) is 0.550. The van der Waals surface area contributed by atoms with Crippen LogP contribution >= 0.6 is 0 Å². The molecule has 8 heteroatoms. The van der Waals surface area contributed by atoms with Crippen LogP contribution < -0.4 is 5.32 Å². The first-order chi connectivity index (χ1) is 13.3. The van der Waals surface area contributed by atoms with Gasteiger partial charge >= 0.3 is 5.97 Å². The molecule has 0 aliphatic heterocycles. The molecule has 6 nitrogen and oxygen atoms in total. The molecule has 1 saturated carbocycles. The molecule has 0 spiro atoms. The number of carbonyl (C=O) groups is 3. The fourth-order valence-electron chi connectivity index (χ4n) is 3.37. The Balaban J connectivity index is 1.97. The van der Waals surface area contributed by atoms with E-state index in [2.05, 4.69) is 5.32 Å². The molecule has 1 fully saturated rings. The van der Waals surface area contributed by atoms with Gasteiger partial charge in [-0.25, -0.2) is 8.78 Å². The van der Waals surface area contributed by atoms with E-state index in [9.17, 15) is 23.2 Å². The minimum absolute atomic E-state index is 0.00174. The lowest BCUT2D eigenvalue weighted by Crippen LogP contribution is -2.41. The maximum atomic E-state index is 13.4. The number of aliphatic carboxylic acids is 1. The normalized spacial score (nSPS) is 15.2. The number of hydrogen-bond donors (Lipinski definition) is 2. The zero-order chi connectivity index (χ0) is 20.7. The third kappa shape index (κ3) is 6.58. The summed E-state index contributed by atoms with van der Waals surface area (Å²) in [4.78, 5) is 37.0. The molecular formula is C20H26F2N2O4. The van der Waals surface area contributed by atoms with Crippen LogP contribution in [0.2, 0.25) is 0 Å². The lowest BCUT2D eigenvalue weighted by Gasteiger charge is -2.25. The van der Waals surface area contributed by atoms with Gasteiger partial charge in [0.05, 0.1) is 6.42 Å². The van der Waals surface area contributed by atoms with Crippen LogP contribution in [0.15, 0.2) is 18.2 Å². The summed E-state index contributed by atoms with van der Waals surface area (Å²) in [6.07, 6.45) is 3.51. The van der Waals surface area contributed by atoms with E-state index in [0.29, 0.717) is 5.56 Å². The molecule has 2 amide bonds. The number of nitrogens with one attached hydrogen (secondary N) is 1. The van der Waals surface area contributed by atoms with Crippen LogP contribution in [0.4, 0.5) is 8.78 Å². The van der Waals surface area contributed by atoms with E-state index in [0.717, 1.165) is 37.8 Å². The number of carbonyl (C=O) groups excluding carboxylic acids is 2. The zero-order valence-corrected chi connectivity index (χ0v) is 15.9. The van der Waals surface area contributed by atoms with Crippen molar-refractivity contribution in [1.82, 2.24) is 10.2 Å². The lowest BCUT2D eigenvalue weighted by molar-refractivity contribution is -0.138. The molecular weight excluding hydrogens is 370 g/mol. The maximum Gasteiger partial charge on any atom is 0.305 e. The minimum Gasteiger partial charge on any atom is -0.481 e. The molecule has 0 aromatic heterocycles. The SMILES string of the molecule is CC(CC(=O)N(CCC(=O)O)Cc1ccc(F)c(F)c1)NC(=O)C1CCCC1. The van der Waals surface area contributed by atoms with Crippen LogP contribution in [-0.2, 0) is 20.9 Å². The predicted molar refractivity (Wildman–Crippen MR) is 98.2 cm³/mol. The lowest BCUT2D eigenvalue weighted by atomic mass is 10.1. The Labute approximate surface area is 162 Å². The molecule has 0 saturated heterocycles. The van der Waals surface area contributed by atoms with Crippen molar-refractivity contribution in [2.24, 2.45) is 5.92 Å². The molecule has 1 aromatic carbocycles. The van der Waals surface area contributed by atoms with E-state index in [1.165, 1.54) is 11.0 Å². The summed E-state index contributed by atoms with van der Waals surface area (Å²) in [6.45, 7) is 1.63. The largest absolute Gasteiger partial charge is 0.481 e. The highest BCUT2D eigenvalue weighted by Crippen LogP contribution is 2.24. The number of benzene rings is 1. The van der Waals surface area contributed by atoms with Gasteiger partial charge in [-0.1, -0.05) is 18.9 Å². The van der Waals surface area contributed by atoms with E-state index in [1.54, 1.807) is 6.92 Å². The minimum atomic E-state index is -1.06. The fourth-order valence-corrected chi connectivity index (χ4v) is 3.37. The molecule has 0 heterocycles. The Kier molecular flexibility index (Phi) is 7.90. The van der Waals surface area contributed by atoms with Gasteiger partial charge in [0.1, 0.15) is 0 Å². The summed E-state index contributed by atoms with van der Waals surface area (Å²) < 4.78 is 26.5. The number of amides is 2. The molecule has 1 atom stereocenters. The second-order valence-corrected chi connectivity index (χ2v) is 7.30. The molecule has 2 rings (SSSR count). The number of rotatable bonds is 9. The molecule has 28 heavy (non-hydrogen) atoms. The highest BCUT2D eigenvalue weighted by molar-refractivity contribution is 5.81. The average Bonchev–Trinajstić information content (AvgIpc) is 3.16. The van der Waals surface area contributed by atoms with Gasteiger partial charge in [0.2, 0.25) is 11.8 Å². The Morgan fingerprint density at radius 1 is 1.21 bits per heavy atom. The van der Waals surface area contributed by atoms with Crippen LogP contribution in [0.25, 0.3) is 0 Å². The summed E-state index contributed by atoms with van der Waals surface area (Å²) in [6, 6.07) is 2.90. The Hall–Kier alpha value is -2.51. The maximum absolute atomic E-state index is 13.4. The van der Waals surface area contributed by atoms with Crippen molar-refractivity contribution in [3.05, 3.63) is 35.4 Å². The van der Waals surface area contributed by atoms with Crippen molar-refractivity contribution >= 4 is 17.8 Å². The van der Waals surface area contributed by atoms with Crippen molar-refractivity contribution in [2.45, 2.75) is 58.0 Å². The second-order valence-electron chi connectivity index (χ2n) is 7.30. The highest BCUT2D eigenvalue weighted by atomic mass is 19.2. The molecule has 1 unspecified atom stereocenters. The van der Waals surface area contributed by atoms with E-state index in [1.807, 2.05) is 0 Å².